The molecule has 1 heterocycles. The molecule has 0 radical (unpaired) electrons. The third kappa shape index (κ3) is 4.58. The Hall–Kier alpha value is -3.06. The molecule has 32 heavy (non-hydrogen) atoms. The highest BCUT2D eigenvalue weighted by Crippen LogP contribution is 2.43. The van der Waals surface area contributed by atoms with Crippen LogP contribution in [0.25, 0.3) is 0 Å². The van der Waals surface area contributed by atoms with Gasteiger partial charge in [0.15, 0.2) is 11.5 Å². The van der Waals surface area contributed by atoms with Gasteiger partial charge in [-0.15, -0.1) is 0 Å². The van der Waals surface area contributed by atoms with Crippen molar-refractivity contribution in [2.24, 2.45) is 0 Å². The molecule has 1 aliphatic rings. The molecule has 2 aromatic carbocycles. The van der Waals surface area contributed by atoms with Crippen LogP contribution in [0.5, 0.6) is 0 Å². The highest BCUT2D eigenvalue weighted by atomic mass is 32.2. The summed E-state index contributed by atoms with van der Waals surface area (Å²) in [6.07, 6.45) is 3.52. The van der Waals surface area contributed by atoms with Crippen LogP contribution in [0.2, 0.25) is 0 Å². The maximum Gasteiger partial charge on any atom is 0.361 e. The average Bonchev–Trinajstić information content (AvgIpc) is 3.51. The highest BCUT2D eigenvalue weighted by molar-refractivity contribution is 7.84. The third-order valence-corrected chi connectivity index (χ3v) is 6.37. The largest absolute Gasteiger partial charge is 0.458 e. The fraction of sp³-hybridized carbons (Fsp3) is 0.320. The number of esters is 1. The summed E-state index contributed by atoms with van der Waals surface area (Å²) in [5.41, 5.74) is 2.25. The maximum absolute atomic E-state index is 13.7. The molecule has 1 aliphatic carbocycles. The number of aromatic nitrogens is 1. The molecule has 1 atom stereocenters. The molecule has 4 rings (SSSR count). The first-order valence-corrected chi connectivity index (χ1v) is 12.2. The molecule has 0 spiro atoms. The van der Waals surface area contributed by atoms with Gasteiger partial charge in [0.1, 0.15) is 5.56 Å². The van der Waals surface area contributed by atoms with Crippen molar-refractivity contribution in [3.8, 4) is 0 Å². The lowest BCUT2D eigenvalue weighted by Crippen LogP contribution is -2.17. The van der Waals surface area contributed by atoms with Crippen LogP contribution in [0.4, 0.5) is 0 Å². The zero-order chi connectivity index (χ0) is 22.8. The SMILES string of the molecule is CC(C)OC(=O)c1noc(C2CC2)c1C(=O)c1ccccc1Cc1ccccc1S(C)=O. The number of ketones is 1. The van der Waals surface area contributed by atoms with Crippen LogP contribution in [0.1, 0.15) is 75.9 Å². The summed E-state index contributed by atoms with van der Waals surface area (Å²) in [7, 11) is -1.15. The van der Waals surface area contributed by atoms with E-state index in [1.807, 2.05) is 36.4 Å². The van der Waals surface area contributed by atoms with Crippen molar-refractivity contribution >= 4 is 22.6 Å². The molecule has 0 aliphatic heterocycles. The number of benzene rings is 2. The number of carbonyl (C=O) groups excluding carboxylic acids is 2. The summed E-state index contributed by atoms with van der Waals surface area (Å²) in [6, 6.07) is 14.8. The lowest BCUT2D eigenvalue weighted by molar-refractivity contribution is 0.0364. The van der Waals surface area contributed by atoms with Crippen LogP contribution < -0.4 is 0 Å². The molecule has 0 amide bonds. The molecule has 6 nitrogen and oxygen atoms in total. The number of ether oxygens (including phenoxy) is 1. The second-order valence-corrected chi connectivity index (χ2v) is 9.57. The molecular formula is C25H25NO5S. The monoisotopic (exact) mass is 451 g/mol. The maximum atomic E-state index is 13.7. The van der Waals surface area contributed by atoms with Crippen LogP contribution in [0.15, 0.2) is 57.9 Å². The standard InChI is InChI=1S/C25H25NO5S/c1-15(2)30-25(28)22-21(24(31-26-22)16-12-13-16)23(27)19-10-6-4-8-17(19)14-18-9-5-7-11-20(18)32(3)29/h4-11,15-16H,12-14H2,1-3H3. The summed E-state index contributed by atoms with van der Waals surface area (Å²) < 4.78 is 22.9. The summed E-state index contributed by atoms with van der Waals surface area (Å²) >= 11 is 0. The van der Waals surface area contributed by atoms with Crippen molar-refractivity contribution in [2.45, 2.75) is 50.0 Å². The Morgan fingerprint density at radius 2 is 1.75 bits per heavy atom. The van der Waals surface area contributed by atoms with Gasteiger partial charge in [0, 0.05) is 22.6 Å². The molecule has 166 valence electrons. The van der Waals surface area contributed by atoms with Gasteiger partial charge in [0.05, 0.1) is 16.9 Å². The Bertz CT molecular complexity index is 1190. The van der Waals surface area contributed by atoms with Crippen LogP contribution in [0, 0.1) is 0 Å². The third-order valence-electron chi connectivity index (χ3n) is 5.35. The van der Waals surface area contributed by atoms with Crippen LogP contribution >= 0.6 is 0 Å². The predicted molar refractivity (Wildman–Crippen MR) is 120 cm³/mol. The van der Waals surface area contributed by atoms with E-state index < -0.39 is 16.8 Å². The van der Waals surface area contributed by atoms with E-state index in [1.54, 1.807) is 32.2 Å². The van der Waals surface area contributed by atoms with Gasteiger partial charge in [0.2, 0.25) is 5.69 Å². The van der Waals surface area contributed by atoms with E-state index >= 15 is 0 Å². The van der Waals surface area contributed by atoms with E-state index in [2.05, 4.69) is 5.16 Å². The minimum absolute atomic E-state index is 0.0736. The fourth-order valence-electron chi connectivity index (χ4n) is 3.72. The number of nitrogens with zero attached hydrogens (tertiary/aromatic N) is 1. The molecule has 3 aromatic rings. The second kappa shape index (κ2) is 9.20. The van der Waals surface area contributed by atoms with Gasteiger partial charge in [-0.05, 0) is 50.3 Å². The summed E-state index contributed by atoms with van der Waals surface area (Å²) in [4.78, 5) is 27.1. The fourth-order valence-corrected chi connectivity index (χ4v) is 4.50. The zero-order valence-electron chi connectivity index (χ0n) is 18.3. The van der Waals surface area contributed by atoms with E-state index in [1.165, 1.54) is 0 Å². The van der Waals surface area contributed by atoms with Crippen LogP contribution in [0.3, 0.4) is 0 Å². The smallest absolute Gasteiger partial charge is 0.361 e. The highest BCUT2D eigenvalue weighted by Gasteiger charge is 2.38. The molecule has 0 N–H and O–H groups in total. The van der Waals surface area contributed by atoms with Crippen molar-refractivity contribution in [3.05, 3.63) is 82.2 Å². The Kier molecular flexibility index (Phi) is 6.37. The van der Waals surface area contributed by atoms with Crippen LogP contribution in [-0.2, 0) is 22.0 Å². The minimum Gasteiger partial charge on any atom is -0.458 e. The van der Waals surface area contributed by atoms with Crippen molar-refractivity contribution in [2.75, 3.05) is 6.26 Å². The normalized spacial score (nSPS) is 14.4. The number of hydrogen-bond donors (Lipinski definition) is 0. The first kappa shape index (κ1) is 22.1. The summed E-state index contributed by atoms with van der Waals surface area (Å²) in [6.45, 7) is 3.48. The number of rotatable bonds is 8. The van der Waals surface area contributed by atoms with E-state index in [-0.39, 0.29) is 29.1 Å². The van der Waals surface area contributed by atoms with Gasteiger partial charge in [0.25, 0.3) is 0 Å². The first-order valence-electron chi connectivity index (χ1n) is 10.6. The summed E-state index contributed by atoms with van der Waals surface area (Å²) in [5.74, 6) is -0.425. The van der Waals surface area contributed by atoms with Gasteiger partial charge in [-0.3, -0.25) is 9.00 Å². The van der Waals surface area contributed by atoms with E-state index in [0.29, 0.717) is 17.7 Å². The first-order chi connectivity index (χ1) is 15.4. The number of hydrogen-bond acceptors (Lipinski definition) is 6. The molecule has 1 unspecified atom stereocenters. The van der Waals surface area contributed by atoms with Crippen LogP contribution in [-0.4, -0.2) is 33.5 Å². The topological polar surface area (TPSA) is 86.5 Å². The van der Waals surface area contributed by atoms with Crippen molar-refractivity contribution in [1.29, 1.82) is 0 Å². The van der Waals surface area contributed by atoms with Gasteiger partial charge < -0.3 is 9.26 Å². The van der Waals surface area contributed by atoms with E-state index in [4.69, 9.17) is 9.26 Å². The molecule has 0 saturated heterocycles. The average molecular weight is 452 g/mol. The Labute approximate surface area is 189 Å². The van der Waals surface area contributed by atoms with Crippen molar-refractivity contribution in [3.63, 3.8) is 0 Å². The lowest BCUT2D eigenvalue weighted by atomic mass is 9.92. The molecule has 1 fully saturated rings. The molecule has 7 heteroatoms. The quantitative estimate of drug-likeness (QED) is 0.365. The Morgan fingerprint density at radius 3 is 2.41 bits per heavy atom. The number of carbonyl (C=O) groups is 2. The minimum atomic E-state index is -1.15. The molecule has 1 aromatic heterocycles. The second-order valence-electron chi connectivity index (χ2n) is 8.22. The summed E-state index contributed by atoms with van der Waals surface area (Å²) in [5, 5.41) is 3.92. The lowest BCUT2D eigenvalue weighted by Gasteiger charge is -2.12. The van der Waals surface area contributed by atoms with Gasteiger partial charge in [-0.2, -0.15) is 0 Å². The van der Waals surface area contributed by atoms with E-state index in [0.717, 1.165) is 28.9 Å². The van der Waals surface area contributed by atoms with Gasteiger partial charge in [-0.1, -0.05) is 47.6 Å². The molecule has 1 saturated carbocycles. The molecular weight excluding hydrogens is 426 g/mol. The Balaban J connectivity index is 1.75. The zero-order valence-corrected chi connectivity index (χ0v) is 19.1. The van der Waals surface area contributed by atoms with Gasteiger partial charge >= 0.3 is 5.97 Å². The van der Waals surface area contributed by atoms with E-state index in [9.17, 15) is 13.8 Å². The molecule has 0 bridgehead atoms. The van der Waals surface area contributed by atoms with Crippen molar-refractivity contribution in [1.82, 2.24) is 5.16 Å². The van der Waals surface area contributed by atoms with Crippen molar-refractivity contribution < 1.29 is 23.1 Å². The Morgan fingerprint density at radius 1 is 1.09 bits per heavy atom. The van der Waals surface area contributed by atoms with Gasteiger partial charge in [-0.25, -0.2) is 4.79 Å². The predicted octanol–water partition coefficient (Wildman–Crippen LogP) is 4.68.